The molecule has 0 saturated heterocycles. The number of thiazole rings is 1. The molecule has 0 amide bonds. The lowest BCUT2D eigenvalue weighted by atomic mass is 10.1. The van der Waals surface area contributed by atoms with E-state index in [1.54, 1.807) is 19.2 Å². The smallest absolute Gasteiger partial charge is 0.378 e. The van der Waals surface area contributed by atoms with Gasteiger partial charge >= 0.3 is 6.18 Å². The molecule has 0 bridgehead atoms. The van der Waals surface area contributed by atoms with E-state index in [0.717, 1.165) is 28.3 Å². The fourth-order valence-electron chi connectivity index (χ4n) is 2.64. The number of ether oxygens (including phenoxy) is 1. The fourth-order valence-corrected chi connectivity index (χ4v) is 3.99. The Morgan fingerprint density at radius 1 is 1.18 bits per heavy atom. The number of alkyl halides is 3. The van der Waals surface area contributed by atoms with Gasteiger partial charge in [0, 0.05) is 24.0 Å². The zero-order chi connectivity index (χ0) is 20.3. The van der Waals surface area contributed by atoms with Crippen LogP contribution in [0.3, 0.4) is 0 Å². The van der Waals surface area contributed by atoms with E-state index in [2.05, 4.69) is 4.98 Å². The molecule has 3 aromatic rings. The minimum absolute atomic E-state index is 0.288. The van der Waals surface area contributed by atoms with Crippen LogP contribution >= 0.6 is 22.9 Å². The molecule has 0 spiro atoms. The predicted molar refractivity (Wildman–Crippen MR) is 102 cm³/mol. The summed E-state index contributed by atoms with van der Waals surface area (Å²) in [7, 11) is 1.56. The molecule has 0 radical (unpaired) electrons. The van der Waals surface area contributed by atoms with Crippen molar-refractivity contribution in [1.82, 2.24) is 4.98 Å². The van der Waals surface area contributed by atoms with Crippen LogP contribution < -0.4 is 0 Å². The van der Waals surface area contributed by atoms with Crippen molar-refractivity contribution in [2.45, 2.75) is 19.2 Å². The summed E-state index contributed by atoms with van der Waals surface area (Å²) in [4.78, 5) is 5.47. The summed E-state index contributed by atoms with van der Waals surface area (Å²) < 4.78 is 43.5. The van der Waals surface area contributed by atoms with Crippen LogP contribution in [0.1, 0.15) is 27.3 Å². The number of hydrogen-bond donors (Lipinski definition) is 0. The molecule has 0 aliphatic carbocycles. The van der Waals surface area contributed by atoms with Crippen molar-refractivity contribution in [3.05, 3.63) is 74.7 Å². The summed E-state index contributed by atoms with van der Waals surface area (Å²) in [5.74, 6) is 0. The summed E-state index contributed by atoms with van der Waals surface area (Å²) in [6, 6.07) is 12.2. The molecule has 0 unspecified atom stereocenters. The van der Waals surface area contributed by atoms with Gasteiger partial charge in [0.25, 0.3) is 0 Å². The molecule has 0 aliphatic rings. The van der Waals surface area contributed by atoms with Gasteiger partial charge < -0.3 is 4.74 Å². The first kappa shape index (κ1) is 20.3. The summed E-state index contributed by atoms with van der Waals surface area (Å²) in [6.07, 6.45) is -3.84. The molecular weight excluding hydrogens is 409 g/mol. The maximum absolute atomic E-state index is 12.8. The second-order valence-electron chi connectivity index (χ2n) is 6.00. The molecular formula is C20H14ClF3N2OS. The van der Waals surface area contributed by atoms with Crippen LogP contribution in [0.2, 0.25) is 5.02 Å². The maximum Gasteiger partial charge on any atom is 0.416 e. The van der Waals surface area contributed by atoms with E-state index in [4.69, 9.17) is 21.6 Å². The van der Waals surface area contributed by atoms with Crippen LogP contribution in [-0.2, 0) is 23.9 Å². The summed E-state index contributed by atoms with van der Waals surface area (Å²) in [5.41, 5.74) is 1.95. The third-order valence-corrected chi connectivity index (χ3v) is 5.50. The highest BCUT2D eigenvalue weighted by Gasteiger charge is 2.30. The number of benzene rings is 2. The number of aromatic nitrogens is 1. The Hall–Kier alpha value is -2.40. The van der Waals surface area contributed by atoms with E-state index < -0.39 is 11.7 Å². The summed E-state index contributed by atoms with van der Waals surface area (Å²) in [6.45, 7) is 0.288. The minimum Gasteiger partial charge on any atom is -0.378 e. The van der Waals surface area contributed by atoms with E-state index in [0.29, 0.717) is 27.6 Å². The van der Waals surface area contributed by atoms with Crippen molar-refractivity contribution in [2.75, 3.05) is 7.11 Å². The van der Waals surface area contributed by atoms with Crippen LogP contribution in [-0.4, -0.2) is 12.1 Å². The Labute approximate surface area is 169 Å². The molecule has 2 aromatic carbocycles. The molecule has 3 rings (SSSR count). The van der Waals surface area contributed by atoms with Crippen LogP contribution in [0.5, 0.6) is 0 Å². The standard InChI is InChI=1S/C20H14ClF3N2OS/c1-27-11-17-18(9-12-2-3-14(10-25)16(21)8-12)28-19(26-17)13-4-6-15(7-5-13)20(22,23)24/h2-8H,9,11H2,1H3. The lowest BCUT2D eigenvalue weighted by molar-refractivity contribution is -0.137. The molecule has 3 nitrogen and oxygen atoms in total. The molecule has 0 atom stereocenters. The Morgan fingerprint density at radius 2 is 1.89 bits per heavy atom. The number of rotatable bonds is 5. The Kier molecular flexibility index (Phi) is 6.04. The third-order valence-electron chi connectivity index (χ3n) is 4.04. The number of methoxy groups -OCH3 is 1. The van der Waals surface area contributed by atoms with Gasteiger partial charge in [0.05, 0.1) is 28.5 Å². The van der Waals surface area contributed by atoms with Gasteiger partial charge in [0.2, 0.25) is 0 Å². The van der Waals surface area contributed by atoms with E-state index in [-0.39, 0.29) is 6.61 Å². The number of nitriles is 1. The van der Waals surface area contributed by atoms with Crippen molar-refractivity contribution >= 4 is 22.9 Å². The van der Waals surface area contributed by atoms with Gasteiger partial charge in [-0.05, 0) is 29.8 Å². The van der Waals surface area contributed by atoms with Gasteiger partial charge in [-0.2, -0.15) is 18.4 Å². The molecule has 8 heteroatoms. The molecule has 0 fully saturated rings. The van der Waals surface area contributed by atoms with E-state index in [1.165, 1.54) is 23.5 Å². The normalized spacial score (nSPS) is 11.4. The maximum atomic E-state index is 12.8. The van der Waals surface area contributed by atoms with E-state index >= 15 is 0 Å². The second kappa shape index (κ2) is 8.31. The Morgan fingerprint density at radius 3 is 2.46 bits per heavy atom. The zero-order valence-electron chi connectivity index (χ0n) is 14.7. The van der Waals surface area contributed by atoms with Crippen molar-refractivity contribution in [1.29, 1.82) is 5.26 Å². The van der Waals surface area contributed by atoms with Crippen molar-refractivity contribution < 1.29 is 17.9 Å². The van der Waals surface area contributed by atoms with Crippen molar-refractivity contribution in [3.63, 3.8) is 0 Å². The molecule has 144 valence electrons. The highest BCUT2D eigenvalue weighted by molar-refractivity contribution is 7.15. The fraction of sp³-hybridized carbons (Fsp3) is 0.200. The highest BCUT2D eigenvalue weighted by Crippen LogP contribution is 2.34. The number of nitrogens with zero attached hydrogens (tertiary/aromatic N) is 2. The quantitative estimate of drug-likeness (QED) is 0.499. The first-order valence-electron chi connectivity index (χ1n) is 8.15. The van der Waals surface area contributed by atoms with Gasteiger partial charge in [0.15, 0.2) is 0 Å². The Balaban J connectivity index is 1.91. The third kappa shape index (κ3) is 4.53. The van der Waals surface area contributed by atoms with E-state index in [9.17, 15) is 13.2 Å². The molecule has 1 aromatic heterocycles. The highest BCUT2D eigenvalue weighted by atomic mass is 35.5. The first-order valence-corrected chi connectivity index (χ1v) is 9.35. The van der Waals surface area contributed by atoms with Crippen LogP contribution in [0.4, 0.5) is 13.2 Å². The van der Waals surface area contributed by atoms with E-state index in [1.807, 2.05) is 12.1 Å². The average Bonchev–Trinajstić information content (AvgIpc) is 3.04. The van der Waals surface area contributed by atoms with Crippen molar-refractivity contribution in [3.8, 4) is 16.6 Å². The van der Waals surface area contributed by atoms with Gasteiger partial charge in [-0.25, -0.2) is 4.98 Å². The van der Waals surface area contributed by atoms with Gasteiger partial charge in [-0.1, -0.05) is 29.8 Å². The molecule has 0 N–H and O–H groups in total. The predicted octanol–water partition coefficient (Wildman–Crippen LogP) is 6.09. The zero-order valence-corrected chi connectivity index (χ0v) is 16.3. The van der Waals surface area contributed by atoms with Gasteiger partial charge in [0.1, 0.15) is 11.1 Å². The monoisotopic (exact) mass is 422 g/mol. The second-order valence-corrected chi connectivity index (χ2v) is 7.49. The van der Waals surface area contributed by atoms with Crippen LogP contribution in [0, 0.1) is 11.3 Å². The Bertz CT molecular complexity index is 1020. The van der Waals surface area contributed by atoms with Crippen molar-refractivity contribution in [2.24, 2.45) is 0 Å². The summed E-state index contributed by atoms with van der Waals surface area (Å²) >= 11 is 7.49. The average molecular weight is 423 g/mol. The lowest BCUT2D eigenvalue weighted by Crippen LogP contribution is -2.03. The summed E-state index contributed by atoms with van der Waals surface area (Å²) in [5, 5.41) is 9.98. The van der Waals surface area contributed by atoms with Gasteiger partial charge in [-0.3, -0.25) is 0 Å². The first-order chi connectivity index (χ1) is 13.3. The molecule has 1 heterocycles. The molecule has 0 saturated carbocycles. The number of hydrogen-bond acceptors (Lipinski definition) is 4. The SMILES string of the molecule is COCc1nc(-c2ccc(C(F)(F)F)cc2)sc1Cc1ccc(C#N)c(Cl)c1. The van der Waals surface area contributed by atoms with Crippen LogP contribution in [0.25, 0.3) is 10.6 Å². The topological polar surface area (TPSA) is 45.9 Å². The van der Waals surface area contributed by atoms with Gasteiger partial charge in [-0.15, -0.1) is 11.3 Å². The molecule has 28 heavy (non-hydrogen) atoms. The lowest BCUT2D eigenvalue weighted by Gasteiger charge is -2.06. The minimum atomic E-state index is -4.37. The van der Waals surface area contributed by atoms with Crippen LogP contribution in [0.15, 0.2) is 42.5 Å². The number of halogens is 4. The molecule has 0 aliphatic heterocycles. The largest absolute Gasteiger partial charge is 0.416 e.